The van der Waals surface area contributed by atoms with E-state index in [1.807, 2.05) is 11.9 Å². The molecule has 2 unspecified atom stereocenters. The van der Waals surface area contributed by atoms with Gasteiger partial charge in [0.15, 0.2) is 0 Å². The number of carbonyl (C=O) groups is 1. The number of aliphatic hydroxyl groups is 1. The molecule has 2 heterocycles. The lowest BCUT2D eigenvalue weighted by molar-refractivity contribution is -0.152. The van der Waals surface area contributed by atoms with E-state index in [2.05, 4.69) is 10.3 Å². The highest BCUT2D eigenvalue weighted by molar-refractivity contribution is 5.95. The number of ether oxygens (including phenoxy) is 1. The normalized spacial score (nSPS) is 38.4. The topological polar surface area (TPSA) is 87.6 Å². The van der Waals surface area contributed by atoms with Crippen LogP contribution in [0.2, 0.25) is 0 Å². The van der Waals surface area contributed by atoms with Crippen molar-refractivity contribution in [2.24, 2.45) is 17.8 Å². The van der Waals surface area contributed by atoms with E-state index < -0.39 is 5.60 Å². The Morgan fingerprint density at radius 2 is 1.94 bits per heavy atom. The average Bonchev–Trinajstić information content (AvgIpc) is 3.46. The zero-order valence-electron chi connectivity index (χ0n) is 19.1. The van der Waals surface area contributed by atoms with E-state index in [-0.39, 0.29) is 18.0 Å². The van der Waals surface area contributed by atoms with Gasteiger partial charge >= 0.3 is 0 Å². The Hall–Kier alpha value is -1.73. The number of nitrogens with zero attached hydrogens (tertiary/aromatic N) is 3. The Labute approximate surface area is 190 Å². The Bertz CT molecular complexity index is 864. The SMILES string of the molecule is CN(C(=O)c1cnc(N[C@@H]2CCOC2)nc1C1CCCC1)[C@H]1C2CC3CC1C[C@@](O)(C3)C2. The van der Waals surface area contributed by atoms with Gasteiger partial charge in [-0.3, -0.25) is 4.79 Å². The molecule has 174 valence electrons. The van der Waals surface area contributed by atoms with Gasteiger partial charge in [-0.15, -0.1) is 0 Å². The number of hydrogen-bond donors (Lipinski definition) is 2. The molecule has 1 aliphatic heterocycles. The van der Waals surface area contributed by atoms with Crippen molar-refractivity contribution in [2.45, 2.75) is 87.8 Å². The van der Waals surface area contributed by atoms with E-state index >= 15 is 0 Å². The first-order valence-corrected chi connectivity index (χ1v) is 12.7. The standard InChI is InChI=1S/C25H36N4O3/c1-29(22-17-8-15-9-18(22)12-25(31,10-15)11-17)23(30)20-13-26-24(27-19-6-7-32-14-19)28-21(20)16-4-2-3-5-16/h13,15-19,22,31H,2-12,14H2,1H3,(H,26,27,28)/t15?,17?,18?,19-,22-,25+/m1/s1. The highest BCUT2D eigenvalue weighted by Gasteiger charge is 2.56. The molecule has 32 heavy (non-hydrogen) atoms. The Balaban J connectivity index is 1.26. The fourth-order valence-electron chi connectivity index (χ4n) is 7.88. The predicted molar refractivity (Wildman–Crippen MR) is 120 cm³/mol. The molecule has 1 saturated heterocycles. The molecule has 7 heteroatoms. The van der Waals surface area contributed by atoms with E-state index in [1.165, 1.54) is 12.8 Å². The van der Waals surface area contributed by atoms with Gasteiger partial charge in [-0.1, -0.05) is 12.8 Å². The van der Waals surface area contributed by atoms with Crippen molar-refractivity contribution in [3.8, 4) is 0 Å². The fraction of sp³-hybridized carbons (Fsp3) is 0.800. The van der Waals surface area contributed by atoms with Gasteiger partial charge in [0, 0.05) is 31.8 Å². The molecule has 0 spiro atoms. The number of carbonyl (C=O) groups excluding carboxylic acids is 1. The number of anilines is 1. The highest BCUT2D eigenvalue weighted by Crippen LogP contribution is 2.57. The van der Waals surface area contributed by atoms with Gasteiger partial charge in [0.2, 0.25) is 5.95 Å². The molecule has 7 nitrogen and oxygen atoms in total. The van der Waals surface area contributed by atoms with E-state index in [0.717, 1.165) is 63.7 Å². The first-order chi connectivity index (χ1) is 15.5. The van der Waals surface area contributed by atoms with Gasteiger partial charge in [0.1, 0.15) is 0 Å². The van der Waals surface area contributed by atoms with Gasteiger partial charge in [-0.2, -0.15) is 0 Å². The van der Waals surface area contributed by atoms with E-state index in [1.54, 1.807) is 6.20 Å². The Kier molecular flexibility index (Phi) is 5.17. The lowest BCUT2D eigenvalue weighted by Gasteiger charge is -2.59. The number of hydrogen-bond acceptors (Lipinski definition) is 6. The average molecular weight is 441 g/mol. The molecule has 6 fully saturated rings. The molecule has 1 aromatic rings. The maximum atomic E-state index is 13.8. The first-order valence-electron chi connectivity index (χ1n) is 12.7. The minimum absolute atomic E-state index is 0.0621. The number of amides is 1. The third-order valence-corrected chi connectivity index (χ3v) is 9.01. The van der Waals surface area contributed by atoms with E-state index in [0.29, 0.717) is 41.8 Å². The van der Waals surface area contributed by atoms with Crippen LogP contribution < -0.4 is 5.32 Å². The van der Waals surface area contributed by atoms with Crippen molar-refractivity contribution >= 4 is 11.9 Å². The van der Waals surface area contributed by atoms with Crippen molar-refractivity contribution in [3.63, 3.8) is 0 Å². The van der Waals surface area contributed by atoms with Crippen LogP contribution in [-0.2, 0) is 4.74 Å². The van der Waals surface area contributed by atoms with Crippen molar-refractivity contribution in [3.05, 3.63) is 17.5 Å². The van der Waals surface area contributed by atoms with Crippen LogP contribution in [0.3, 0.4) is 0 Å². The van der Waals surface area contributed by atoms with Crippen LogP contribution in [0, 0.1) is 17.8 Å². The summed E-state index contributed by atoms with van der Waals surface area (Å²) in [5, 5.41) is 14.4. The smallest absolute Gasteiger partial charge is 0.257 e. The fourth-order valence-corrected chi connectivity index (χ4v) is 7.88. The molecule has 0 aromatic carbocycles. The molecule has 7 rings (SSSR count). The van der Waals surface area contributed by atoms with Crippen LogP contribution >= 0.6 is 0 Å². The molecule has 1 aromatic heterocycles. The zero-order chi connectivity index (χ0) is 21.9. The Morgan fingerprint density at radius 3 is 2.59 bits per heavy atom. The quantitative estimate of drug-likeness (QED) is 0.730. The summed E-state index contributed by atoms with van der Waals surface area (Å²) in [5.74, 6) is 2.49. The lowest BCUT2D eigenvalue weighted by atomic mass is 9.52. The monoisotopic (exact) mass is 440 g/mol. The van der Waals surface area contributed by atoms with Gasteiger partial charge in [0.05, 0.1) is 29.5 Å². The third kappa shape index (κ3) is 3.61. The third-order valence-electron chi connectivity index (χ3n) is 9.01. The highest BCUT2D eigenvalue weighted by atomic mass is 16.5. The summed E-state index contributed by atoms with van der Waals surface area (Å²) in [7, 11) is 1.97. The van der Waals surface area contributed by atoms with Gasteiger partial charge in [-0.05, 0) is 69.1 Å². The molecule has 3 atom stereocenters. The van der Waals surface area contributed by atoms with Crippen molar-refractivity contribution in [2.75, 3.05) is 25.6 Å². The van der Waals surface area contributed by atoms with E-state index in [9.17, 15) is 9.90 Å². The molecule has 2 N–H and O–H groups in total. The molecule has 4 bridgehead atoms. The van der Waals surface area contributed by atoms with Crippen LogP contribution in [0.25, 0.3) is 0 Å². The number of rotatable bonds is 5. The summed E-state index contributed by atoms with van der Waals surface area (Å²) in [6.07, 6.45) is 12.3. The Morgan fingerprint density at radius 1 is 1.19 bits per heavy atom. The molecular weight excluding hydrogens is 404 g/mol. The lowest BCUT2D eigenvalue weighted by Crippen LogP contribution is -2.61. The van der Waals surface area contributed by atoms with Crippen LogP contribution in [0.1, 0.15) is 86.2 Å². The van der Waals surface area contributed by atoms with Crippen LogP contribution in [0.4, 0.5) is 5.95 Å². The van der Waals surface area contributed by atoms with Gasteiger partial charge in [-0.25, -0.2) is 9.97 Å². The maximum Gasteiger partial charge on any atom is 0.257 e. The van der Waals surface area contributed by atoms with Crippen LogP contribution in [-0.4, -0.2) is 63.8 Å². The summed E-state index contributed by atoms with van der Waals surface area (Å²) in [4.78, 5) is 25.3. The first kappa shape index (κ1) is 20.8. The second kappa shape index (κ2) is 7.94. The van der Waals surface area contributed by atoms with Gasteiger partial charge < -0.3 is 20.1 Å². The second-order valence-electron chi connectivity index (χ2n) is 11.3. The molecular formula is C25H36N4O3. The van der Waals surface area contributed by atoms with Crippen molar-refractivity contribution in [1.82, 2.24) is 14.9 Å². The molecule has 6 aliphatic rings. The van der Waals surface area contributed by atoms with E-state index in [4.69, 9.17) is 9.72 Å². The van der Waals surface area contributed by atoms with Crippen molar-refractivity contribution in [1.29, 1.82) is 0 Å². The molecule has 0 radical (unpaired) electrons. The molecule has 5 saturated carbocycles. The second-order valence-corrected chi connectivity index (χ2v) is 11.3. The summed E-state index contributed by atoms with van der Waals surface area (Å²) in [5.41, 5.74) is 1.13. The summed E-state index contributed by atoms with van der Waals surface area (Å²) < 4.78 is 5.48. The minimum Gasteiger partial charge on any atom is -0.390 e. The summed E-state index contributed by atoms with van der Waals surface area (Å²) >= 11 is 0. The number of nitrogens with one attached hydrogen (secondary N) is 1. The van der Waals surface area contributed by atoms with Crippen molar-refractivity contribution < 1.29 is 14.6 Å². The largest absolute Gasteiger partial charge is 0.390 e. The summed E-state index contributed by atoms with van der Waals surface area (Å²) in [6, 6.07) is 0.471. The minimum atomic E-state index is -0.480. The zero-order valence-corrected chi connectivity index (χ0v) is 19.1. The number of aromatic nitrogens is 2. The van der Waals surface area contributed by atoms with Crippen LogP contribution in [0.15, 0.2) is 6.20 Å². The van der Waals surface area contributed by atoms with Crippen LogP contribution in [0.5, 0.6) is 0 Å². The molecule has 5 aliphatic carbocycles. The maximum absolute atomic E-state index is 13.8. The summed E-state index contributed by atoms with van der Waals surface area (Å²) in [6.45, 7) is 1.46. The van der Waals surface area contributed by atoms with Gasteiger partial charge in [0.25, 0.3) is 5.91 Å². The predicted octanol–water partition coefficient (Wildman–Crippen LogP) is 3.35. The molecule has 1 amide bonds.